The Labute approximate surface area is 111 Å². The Balaban J connectivity index is 1.93. The quantitative estimate of drug-likeness (QED) is 0.940. The molecule has 19 heavy (non-hydrogen) atoms. The van der Waals surface area contributed by atoms with Gasteiger partial charge in [0, 0.05) is 18.0 Å². The minimum absolute atomic E-state index is 0.00958. The molecule has 2 rings (SSSR count). The Morgan fingerprint density at radius 2 is 2.11 bits per heavy atom. The molecule has 1 N–H and O–H groups in total. The molecule has 0 spiro atoms. The van der Waals surface area contributed by atoms with Crippen molar-refractivity contribution in [1.82, 2.24) is 20.5 Å². The normalized spacial score (nSPS) is 13.5. The highest BCUT2D eigenvalue weighted by Gasteiger charge is 2.32. The summed E-state index contributed by atoms with van der Waals surface area (Å²) in [6.07, 6.45) is -4.45. The summed E-state index contributed by atoms with van der Waals surface area (Å²) in [5.41, 5.74) is 2.09. The summed E-state index contributed by atoms with van der Waals surface area (Å²) in [6, 6.07) is 2.25. The lowest BCUT2D eigenvalue weighted by Crippen LogP contribution is -2.20. The van der Waals surface area contributed by atoms with Crippen LogP contribution in [0.1, 0.15) is 30.0 Å². The van der Waals surface area contributed by atoms with E-state index in [1.54, 1.807) is 5.51 Å². The molecule has 0 radical (unpaired) electrons. The Kier molecular flexibility index (Phi) is 4.11. The van der Waals surface area contributed by atoms with Gasteiger partial charge in [-0.3, -0.25) is 0 Å². The summed E-state index contributed by atoms with van der Waals surface area (Å²) >= 11 is 1.49. The second kappa shape index (κ2) is 5.62. The molecule has 0 aliphatic heterocycles. The van der Waals surface area contributed by atoms with Crippen molar-refractivity contribution in [3.63, 3.8) is 0 Å². The molecule has 2 heterocycles. The highest BCUT2D eigenvalue weighted by Crippen LogP contribution is 2.26. The molecule has 0 aliphatic carbocycles. The van der Waals surface area contributed by atoms with Gasteiger partial charge in [-0.05, 0) is 19.1 Å². The van der Waals surface area contributed by atoms with Crippen LogP contribution in [0.25, 0.3) is 0 Å². The Morgan fingerprint density at radius 3 is 2.63 bits per heavy atom. The number of alkyl halides is 3. The van der Waals surface area contributed by atoms with Crippen molar-refractivity contribution in [3.8, 4) is 0 Å². The second-order valence-corrected chi connectivity index (χ2v) is 4.64. The van der Waals surface area contributed by atoms with E-state index in [4.69, 9.17) is 0 Å². The summed E-state index contributed by atoms with van der Waals surface area (Å²) in [6.45, 7) is 2.26. The van der Waals surface area contributed by atoms with Gasteiger partial charge >= 0.3 is 6.18 Å². The van der Waals surface area contributed by atoms with E-state index < -0.39 is 11.9 Å². The molecule has 0 bridgehead atoms. The van der Waals surface area contributed by atoms with Crippen molar-refractivity contribution in [2.45, 2.75) is 25.7 Å². The maximum absolute atomic E-state index is 12.3. The van der Waals surface area contributed by atoms with E-state index in [-0.39, 0.29) is 6.04 Å². The van der Waals surface area contributed by atoms with Gasteiger partial charge in [-0.1, -0.05) is 0 Å². The third kappa shape index (κ3) is 3.71. The third-order valence-electron chi connectivity index (χ3n) is 2.49. The van der Waals surface area contributed by atoms with Gasteiger partial charge < -0.3 is 5.32 Å². The number of nitrogens with one attached hydrogen (secondary N) is 1. The minimum atomic E-state index is -4.45. The highest BCUT2D eigenvalue weighted by atomic mass is 32.1. The third-order valence-corrected chi connectivity index (χ3v) is 3.10. The maximum Gasteiger partial charge on any atom is 0.435 e. The summed E-state index contributed by atoms with van der Waals surface area (Å²) < 4.78 is 36.9. The standard InChI is InChI=1S/C11H11F3N4S/c1-7(9-5-19-6-16-9)15-4-8-2-3-10(18-17-8)11(12,13)14/h2-3,5-7,15H,4H2,1H3. The second-order valence-electron chi connectivity index (χ2n) is 3.92. The molecule has 2 aromatic heterocycles. The molecule has 0 saturated carbocycles. The molecule has 1 atom stereocenters. The van der Waals surface area contributed by atoms with Gasteiger partial charge in [0.05, 0.1) is 16.9 Å². The zero-order valence-electron chi connectivity index (χ0n) is 9.98. The first-order valence-corrected chi connectivity index (χ1v) is 6.42. The lowest BCUT2D eigenvalue weighted by molar-refractivity contribution is -0.141. The molecular formula is C11H11F3N4S. The molecular weight excluding hydrogens is 277 g/mol. The highest BCUT2D eigenvalue weighted by molar-refractivity contribution is 7.07. The maximum atomic E-state index is 12.3. The number of thiazole rings is 1. The first-order valence-electron chi connectivity index (χ1n) is 5.48. The van der Waals surface area contributed by atoms with Crippen LogP contribution in [0, 0.1) is 0 Å². The lowest BCUT2D eigenvalue weighted by Gasteiger charge is -2.11. The molecule has 1 unspecified atom stereocenters. The number of hydrogen-bond donors (Lipinski definition) is 1. The smallest absolute Gasteiger partial charge is 0.303 e. The Hall–Kier alpha value is -1.54. The topological polar surface area (TPSA) is 50.7 Å². The number of hydrogen-bond acceptors (Lipinski definition) is 5. The summed E-state index contributed by atoms with van der Waals surface area (Å²) in [5.74, 6) is 0. The number of rotatable bonds is 4. The number of aromatic nitrogens is 3. The van der Waals surface area contributed by atoms with Crippen molar-refractivity contribution in [2.75, 3.05) is 0 Å². The van der Waals surface area contributed by atoms with Gasteiger partial charge in [0.25, 0.3) is 0 Å². The van der Waals surface area contributed by atoms with E-state index in [1.807, 2.05) is 12.3 Å². The van der Waals surface area contributed by atoms with Crippen LogP contribution in [-0.2, 0) is 12.7 Å². The molecule has 0 amide bonds. The van der Waals surface area contributed by atoms with E-state index in [2.05, 4.69) is 20.5 Å². The first kappa shape index (κ1) is 13.9. The molecule has 0 aliphatic rings. The largest absolute Gasteiger partial charge is 0.435 e. The van der Waals surface area contributed by atoms with Crippen LogP contribution >= 0.6 is 11.3 Å². The average Bonchev–Trinajstić information content (AvgIpc) is 2.89. The van der Waals surface area contributed by atoms with E-state index in [1.165, 1.54) is 17.4 Å². The van der Waals surface area contributed by atoms with Crippen LogP contribution in [0.5, 0.6) is 0 Å². The lowest BCUT2D eigenvalue weighted by atomic mass is 10.2. The average molecular weight is 288 g/mol. The number of halogens is 3. The van der Waals surface area contributed by atoms with Gasteiger partial charge in [-0.15, -0.1) is 16.4 Å². The summed E-state index contributed by atoms with van der Waals surface area (Å²) in [4.78, 5) is 4.15. The number of nitrogens with zero attached hydrogens (tertiary/aromatic N) is 3. The summed E-state index contributed by atoms with van der Waals surface area (Å²) in [7, 11) is 0. The van der Waals surface area contributed by atoms with Gasteiger partial charge in [0.15, 0.2) is 5.69 Å². The van der Waals surface area contributed by atoms with Gasteiger partial charge in [0.2, 0.25) is 0 Å². The van der Waals surface area contributed by atoms with Gasteiger partial charge in [0.1, 0.15) is 0 Å². The van der Waals surface area contributed by atoms with Crippen LogP contribution in [0.15, 0.2) is 23.0 Å². The SMILES string of the molecule is CC(NCc1ccc(C(F)(F)F)nn1)c1cscn1. The van der Waals surface area contributed by atoms with Crippen LogP contribution in [0.2, 0.25) is 0 Å². The molecule has 8 heteroatoms. The van der Waals surface area contributed by atoms with E-state index >= 15 is 0 Å². The van der Waals surface area contributed by atoms with Crippen molar-refractivity contribution in [1.29, 1.82) is 0 Å². The molecule has 102 valence electrons. The fourth-order valence-electron chi connectivity index (χ4n) is 1.40. The summed E-state index contributed by atoms with van der Waals surface area (Å²) in [5, 5.41) is 11.7. The van der Waals surface area contributed by atoms with Crippen molar-refractivity contribution >= 4 is 11.3 Å². The molecule has 0 fully saturated rings. The van der Waals surface area contributed by atoms with E-state index in [0.717, 1.165) is 11.8 Å². The van der Waals surface area contributed by atoms with Crippen LogP contribution in [-0.4, -0.2) is 15.2 Å². The molecule has 4 nitrogen and oxygen atoms in total. The minimum Gasteiger partial charge on any atom is -0.303 e. The van der Waals surface area contributed by atoms with Crippen LogP contribution in [0.3, 0.4) is 0 Å². The Bertz CT molecular complexity index is 510. The van der Waals surface area contributed by atoms with Crippen LogP contribution < -0.4 is 5.32 Å². The van der Waals surface area contributed by atoms with E-state index in [9.17, 15) is 13.2 Å². The van der Waals surface area contributed by atoms with Crippen LogP contribution in [0.4, 0.5) is 13.2 Å². The predicted octanol–water partition coefficient (Wildman–Crippen LogP) is 2.80. The molecule has 2 aromatic rings. The van der Waals surface area contributed by atoms with Gasteiger partial charge in [-0.2, -0.15) is 18.3 Å². The fourth-order valence-corrected chi connectivity index (χ4v) is 2.05. The van der Waals surface area contributed by atoms with E-state index in [0.29, 0.717) is 12.2 Å². The van der Waals surface area contributed by atoms with Crippen molar-refractivity contribution < 1.29 is 13.2 Å². The molecule has 0 aromatic carbocycles. The van der Waals surface area contributed by atoms with Crippen molar-refractivity contribution in [3.05, 3.63) is 40.1 Å². The Morgan fingerprint density at radius 1 is 1.32 bits per heavy atom. The molecule has 0 saturated heterocycles. The zero-order chi connectivity index (χ0) is 13.9. The monoisotopic (exact) mass is 288 g/mol. The fraction of sp³-hybridized carbons (Fsp3) is 0.364. The van der Waals surface area contributed by atoms with Crippen molar-refractivity contribution in [2.24, 2.45) is 0 Å². The van der Waals surface area contributed by atoms with Gasteiger partial charge in [-0.25, -0.2) is 4.98 Å². The predicted molar refractivity (Wildman–Crippen MR) is 64.4 cm³/mol. The zero-order valence-corrected chi connectivity index (χ0v) is 10.8. The first-order chi connectivity index (χ1) is 8.97.